The van der Waals surface area contributed by atoms with Gasteiger partial charge in [-0.05, 0) is 11.1 Å². The molecule has 1 rings (SSSR count). The molecule has 0 amide bonds. The van der Waals surface area contributed by atoms with Crippen LogP contribution in [0.3, 0.4) is 0 Å². The predicted molar refractivity (Wildman–Crippen MR) is 34.3 cm³/mol. The van der Waals surface area contributed by atoms with Crippen LogP contribution in [0.4, 0.5) is 0 Å². The third-order valence-corrected chi connectivity index (χ3v) is 0.932. The maximum Gasteiger partial charge on any atom is 0.106 e. The van der Waals surface area contributed by atoms with Crippen LogP contribution in [0.5, 0.6) is 0 Å². The lowest BCUT2D eigenvalue weighted by molar-refractivity contribution is 0.937. The minimum Gasteiger partial charge on any atom is -0.197 e. The Kier molecular flexibility index (Phi) is 1.80. The van der Waals surface area contributed by atoms with Crippen LogP contribution in [-0.4, -0.2) is 15.4 Å². The van der Waals surface area contributed by atoms with Crippen LogP contribution in [0.15, 0.2) is 11.2 Å². The highest BCUT2D eigenvalue weighted by atomic mass is 79.9. The molecule has 0 aliphatic carbocycles. The molecule has 8 heavy (non-hydrogen) atoms. The number of aromatic amines is 1. The summed E-state index contributed by atoms with van der Waals surface area (Å²) in [6.07, 6.45) is 3.43. The van der Waals surface area contributed by atoms with Gasteiger partial charge in [-0.15, -0.1) is 0 Å². The molecule has 0 aromatic carbocycles. The zero-order chi connectivity index (χ0) is 5.82. The molecular formula is C4H4BrN3. The average molecular weight is 174 g/mol. The first-order valence-electron chi connectivity index (χ1n) is 2.06. The van der Waals surface area contributed by atoms with E-state index in [9.17, 15) is 0 Å². The molecule has 4 heteroatoms. The Balaban J connectivity index is 2.77. The lowest BCUT2D eigenvalue weighted by atomic mass is 10.5. The van der Waals surface area contributed by atoms with Crippen LogP contribution in [0.1, 0.15) is 5.69 Å². The molecule has 0 saturated carbocycles. The smallest absolute Gasteiger partial charge is 0.106 e. The number of H-pyrrole nitrogens is 1. The fourth-order valence-corrected chi connectivity index (χ4v) is 0.626. The van der Waals surface area contributed by atoms with Gasteiger partial charge in [-0.3, -0.25) is 0 Å². The molecular weight excluding hydrogens is 170 g/mol. The lowest BCUT2D eigenvalue weighted by Gasteiger charge is -1.70. The van der Waals surface area contributed by atoms with Crippen LogP contribution >= 0.6 is 15.9 Å². The minimum absolute atomic E-state index is 0.821. The molecule has 0 radical (unpaired) electrons. The van der Waals surface area contributed by atoms with Crippen molar-refractivity contribution < 1.29 is 0 Å². The molecule has 0 atom stereocenters. The summed E-state index contributed by atoms with van der Waals surface area (Å²) in [6.45, 7) is 0. The number of rotatable bonds is 1. The second-order valence-corrected chi connectivity index (χ2v) is 1.72. The van der Waals surface area contributed by atoms with Crippen molar-refractivity contribution in [1.82, 2.24) is 15.4 Å². The van der Waals surface area contributed by atoms with Crippen LogP contribution < -0.4 is 0 Å². The summed E-state index contributed by atoms with van der Waals surface area (Å²) in [6, 6.07) is 0. The lowest BCUT2D eigenvalue weighted by Crippen LogP contribution is -1.68. The molecule has 1 aromatic rings. The minimum atomic E-state index is 0.821. The highest BCUT2D eigenvalue weighted by Gasteiger charge is 1.83. The molecule has 0 aliphatic heterocycles. The monoisotopic (exact) mass is 173 g/mol. The first-order chi connectivity index (χ1) is 3.93. The first-order valence-corrected chi connectivity index (χ1v) is 2.97. The zero-order valence-electron chi connectivity index (χ0n) is 4.00. The number of hydrogen-bond acceptors (Lipinski definition) is 2. The molecule has 0 spiro atoms. The molecule has 0 saturated heterocycles. The predicted octanol–water partition coefficient (Wildman–Crippen LogP) is 1.17. The van der Waals surface area contributed by atoms with Crippen molar-refractivity contribution >= 4 is 22.0 Å². The number of nitrogens with one attached hydrogen (secondary N) is 1. The zero-order valence-corrected chi connectivity index (χ0v) is 5.59. The fraction of sp³-hybridized carbons (Fsp3) is 0. The van der Waals surface area contributed by atoms with Crippen LogP contribution in [0.25, 0.3) is 6.08 Å². The van der Waals surface area contributed by atoms with Crippen LogP contribution in [0.2, 0.25) is 0 Å². The van der Waals surface area contributed by atoms with E-state index in [-0.39, 0.29) is 0 Å². The second-order valence-electron chi connectivity index (χ2n) is 1.19. The van der Waals surface area contributed by atoms with Crippen molar-refractivity contribution in [2.24, 2.45) is 0 Å². The van der Waals surface area contributed by atoms with E-state index in [0.717, 1.165) is 5.69 Å². The second kappa shape index (κ2) is 2.61. The van der Waals surface area contributed by atoms with E-state index in [1.54, 1.807) is 17.3 Å². The summed E-state index contributed by atoms with van der Waals surface area (Å²) in [5.41, 5.74) is 0.821. The molecule has 1 N–H and O–H groups in total. The van der Waals surface area contributed by atoms with E-state index in [4.69, 9.17) is 0 Å². The fourth-order valence-electron chi connectivity index (χ4n) is 0.355. The Labute approximate surface area is 54.9 Å². The molecule has 0 fully saturated rings. The summed E-state index contributed by atoms with van der Waals surface area (Å²) >= 11 is 3.11. The van der Waals surface area contributed by atoms with Crippen molar-refractivity contribution in [3.05, 3.63) is 16.9 Å². The standard InChI is InChI=1S/C4H4BrN3/c5-2-1-4-3-6-8-7-4/h1-3H,(H,6,7,8). The normalized spacial score (nSPS) is 10.6. The highest BCUT2D eigenvalue weighted by Crippen LogP contribution is 1.94. The average Bonchev–Trinajstić information content (AvgIpc) is 2.19. The van der Waals surface area contributed by atoms with Gasteiger partial charge in [0.05, 0.1) is 6.20 Å². The van der Waals surface area contributed by atoms with Crippen molar-refractivity contribution in [3.8, 4) is 0 Å². The Morgan fingerprint density at radius 1 is 1.75 bits per heavy atom. The van der Waals surface area contributed by atoms with E-state index >= 15 is 0 Å². The van der Waals surface area contributed by atoms with Crippen molar-refractivity contribution in [2.45, 2.75) is 0 Å². The molecule has 42 valence electrons. The van der Waals surface area contributed by atoms with E-state index < -0.39 is 0 Å². The van der Waals surface area contributed by atoms with Gasteiger partial charge in [-0.2, -0.15) is 15.4 Å². The van der Waals surface area contributed by atoms with Gasteiger partial charge in [0, 0.05) is 0 Å². The summed E-state index contributed by atoms with van der Waals surface area (Å²) in [5.74, 6) is 0. The van der Waals surface area contributed by atoms with E-state index in [2.05, 4.69) is 31.3 Å². The number of halogens is 1. The van der Waals surface area contributed by atoms with Crippen LogP contribution in [-0.2, 0) is 0 Å². The van der Waals surface area contributed by atoms with E-state index in [0.29, 0.717) is 0 Å². The number of hydrogen-bond donors (Lipinski definition) is 1. The third-order valence-electron chi connectivity index (χ3n) is 0.667. The van der Waals surface area contributed by atoms with E-state index in [1.165, 1.54) is 0 Å². The van der Waals surface area contributed by atoms with Gasteiger partial charge in [-0.25, -0.2) is 0 Å². The SMILES string of the molecule is BrC=Cc1cn[nH]n1. The molecule has 0 bridgehead atoms. The summed E-state index contributed by atoms with van der Waals surface area (Å²) in [5, 5.41) is 9.83. The quantitative estimate of drug-likeness (QED) is 0.694. The van der Waals surface area contributed by atoms with Crippen molar-refractivity contribution in [2.75, 3.05) is 0 Å². The molecule has 3 nitrogen and oxygen atoms in total. The number of aromatic nitrogens is 3. The van der Waals surface area contributed by atoms with Gasteiger partial charge in [0.15, 0.2) is 0 Å². The van der Waals surface area contributed by atoms with Gasteiger partial charge in [0.2, 0.25) is 0 Å². The van der Waals surface area contributed by atoms with Gasteiger partial charge in [0.25, 0.3) is 0 Å². The van der Waals surface area contributed by atoms with Gasteiger partial charge in [0.1, 0.15) is 5.69 Å². The molecule has 0 aliphatic rings. The molecule has 1 aromatic heterocycles. The summed E-state index contributed by atoms with van der Waals surface area (Å²) < 4.78 is 0. The molecule has 1 heterocycles. The maximum absolute atomic E-state index is 3.75. The van der Waals surface area contributed by atoms with Gasteiger partial charge >= 0.3 is 0 Å². The van der Waals surface area contributed by atoms with E-state index in [1.807, 2.05) is 0 Å². The molecule has 0 unspecified atom stereocenters. The third kappa shape index (κ3) is 1.16. The topological polar surface area (TPSA) is 41.6 Å². The van der Waals surface area contributed by atoms with Crippen LogP contribution in [0, 0.1) is 0 Å². The van der Waals surface area contributed by atoms with Crippen molar-refractivity contribution in [3.63, 3.8) is 0 Å². The summed E-state index contributed by atoms with van der Waals surface area (Å²) in [4.78, 5) is 1.73. The number of nitrogens with zero attached hydrogens (tertiary/aromatic N) is 2. The van der Waals surface area contributed by atoms with Gasteiger partial charge < -0.3 is 0 Å². The Hall–Kier alpha value is -0.640. The Bertz CT molecular complexity index is 167. The Morgan fingerprint density at radius 2 is 2.62 bits per heavy atom. The first kappa shape index (κ1) is 5.50. The van der Waals surface area contributed by atoms with Crippen molar-refractivity contribution in [1.29, 1.82) is 0 Å². The Morgan fingerprint density at radius 3 is 3.12 bits per heavy atom. The van der Waals surface area contributed by atoms with Gasteiger partial charge in [-0.1, -0.05) is 15.9 Å². The maximum atomic E-state index is 3.75. The summed E-state index contributed by atoms with van der Waals surface area (Å²) in [7, 11) is 0. The highest BCUT2D eigenvalue weighted by molar-refractivity contribution is 9.11. The largest absolute Gasteiger partial charge is 0.197 e.